The molecule has 3 aromatic rings. The van der Waals surface area contributed by atoms with E-state index in [1.165, 1.54) is 0 Å². The van der Waals surface area contributed by atoms with Crippen molar-refractivity contribution in [2.24, 2.45) is 0 Å². The Hall–Kier alpha value is -3.36. The fraction of sp³-hybridized carbons (Fsp3) is 0.455. The van der Waals surface area contributed by atoms with Gasteiger partial charge < -0.3 is 19.5 Å². The lowest BCUT2D eigenvalue weighted by atomic mass is 10.0. The van der Waals surface area contributed by atoms with Crippen LogP contribution < -0.4 is 5.32 Å². The zero-order chi connectivity index (χ0) is 22.0. The van der Waals surface area contributed by atoms with Crippen LogP contribution in [0.5, 0.6) is 0 Å². The predicted octanol–water partition coefficient (Wildman–Crippen LogP) is 3.03. The van der Waals surface area contributed by atoms with E-state index in [2.05, 4.69) is 15.5 Å². The molecule has 31 heavy (non-hydrogen) atoms. The standard InChI is InChI=1S/C22H28N6O3/c1-22(2,3)31-21(30)26-13-9-16(10-14-26)27-12-6-7-17(27)20(29)23-15-19-25-24-18-8-4-5-11-28(18)19/h4-8,11-12,16H,9-10,13-15H2,1-3H3,(H,23,29). The molecule has 0 unspecified atom stereocenters. The third-order valence-electron chi connectivity index (χ3n) is 5.31. The van der Waals surface area contributed by atoms with Crippen LogP contribution in [0.1, 0.15) is 56.0 Å². The first-order valence-corrected chi connectivity index (χ1v) is 10.5. The second kappa shape index (κ2) is 8.41. The maximum absolute atomic E-state index is 12.9. The van der Waals surface area contributed by atoms with Crippen molar-refractivity contribution >= 4 is 17.6 Å². The summed E-state index contributed by atoms with van der Waals surface area (Å²) in [7, 11) is 0. The summed E-state index contributed by atoms with van der Waals surface area (Å²) in [6.45, 7) is 7.08. The van der Waals surface area contributed by atoms with Crippen molar-refractivity contribution in [3.8, 4) is 0 Å². The number of likely N-dealkylation sites (tertiary alicyclic amines) is 1. The highest BCUT2D eigenvalue weighted by atomic mass is 16.6. The maximum atomic E-state index is 12.9. The van der Waals surface area contributed by atoms with Gasteiger partial charge in [0.2, 0.25) is 0 Å². The molecule has 1 N–H and O–H groups in total. The number of pyridine rings is 1. The van der Waals surface area contributed by atoms with Gasteiger partial charge in [-0.15, -0.1) is 10.2 Å². The number of carbonyl (C=O) groups excluding carboxylic acids is 2. The van der Waals surface area contributed by atoms with E-state index in [-0.39, 0.29) is 24.6 Å². The van der Waals surface area contributed by atoms with Crippen molar-refractivity contribution in [3.63, 3.8) is 0 Å². The second-order valence-electron chi connectivity index (χ2n) is 8.73. The number of hydrogen-bond acceptors (Lipinski definition) is 5. The summed E-state index contributed by atoms with van der Waals surface area (Å²) in [5.74, 6) is 0.514. The molecule has 4 rings (SSSR count). The predicted molar refractivity (Wildman–Crippen MR) is 115 cm³/mol. The first-order valence-electron chi connectivity index (χ1n) is 10.5. The third-order valence-corrected chi connectivity index (χ3v) is 5.31. The van der Waals surface area contributed by atoms with Crippen molar-refractivity contribution in [3.05, 3.63) is 54.2 Å². The topological polar surface area (TPSA) is 93.8 Å². The fourth-order valence-electron chi connectivity index (χ4n) is 3.82. The number of ether oxygens (including phenoxy) is 1. The average Bonchev–Trinajstić information content (AvgIpc) is 3.38. The molecule has 1 saturated heterocycles. The number of aromatic nitrogens is 4. The zero-order valence-corrected chi connectivity index (χ0v) is 18.1. The number of nitrogens with one attached hydrogen (secondary N) is 1. The highest BCUT2D eigenvalue weighted by molar-refractivity contribution is 5.92. The van der Waals surface area contributed by atoms with Crippen molar-refractivity contribution in [1.82, 2.24) is 29.4 Å². The summed E-state index contributed by atoms with van der Waals surface area (Å²) in [6.07, 6.45) is 5.05. The fourth-order valence-corrected chi connectivity index (χ4v) is 3.82. The van der Waals surface area contributed by atoms with Gasteiger partial charge in [0.15, 0.2) is 11.5 Å². The van der Waals surface area contributed by atoms with Gasteiger partial charge in [-0.3, -0.25) is 9.20 Å². The average molecular weight is 425 g/mol. The molecule has 9 heteroatoms. The van der Waals surface area contributed by atoms with Gasteiger partial charge in [-0.25, -0.2) is 4.79 Å². The van der Waals surface area contributed by atoms with E-state index in [4.69, 9.17) is 4.74 Å². The Morgan fingerprint density at radius 2 is 1.87 bits per heavy atom. The quantitative estimate of drug-likeness (QED) is 0.695. The van der Waals surface area contributed by atoms with E-state index < -0.39 is 5.60 Å². The first-order chi connectivity index (χ1) is 14.8. The van der Waals surface area contributed by atoms with E-state index in [0.29, 0.717) is 24.6 Å². The Kier molecular flexibility index (Phi) is 5.67. The summed E-state index contributed by atoms with van der Waals surface area (Å²) in [5.41, 5.74) is 0.839. The van der Waals surface area contributed by atoms with Gasteiger partial charge in [-0.2, -0.15) is 0 Å². The highest BCUT2D eigenvalue weighted by Gasteiger charge is 2.28. The monoisotopic (exact) mass is 424 g/mol. The number of amides is 2. The van der Waals surface area contributed by atoms with Gasteiger partial charge in [0.1, 0.15) is 11.3 Å². The summed E-state index contributed by atoms with van der Waals surface area (Å²) in [6, 6.07) is 9.51. The Morgan fingerprint density at radius 1 is 1.10 bits per heavy atom. The SMILES string of the molecule is CC(C)(C)OC(=O)N1CCC(n2cccc2C(=O)NCc2nnc3ccccn23)CC1. The number of piperidine rings is 1. The number of carbonyl (C=O) groups is 2. The van der Waals surface area contributed by atoms with Crippen LogP contribution in [-0.4, -0.2) is 54.8 Å². The maximum Gasteiger partial charge on any atom is 0.410 e. The lowest BCUT2D eigenvalue weighted by Gasteiger charge is -2.34. The van der Waals surface area contributed by atoms with Crippen LogP contribution in [0.2, 0.25) is 0 Å². The molecule has 0 atom stereocenters. The van der Waals surface area contributed by atoms with Gasteiger partial charge in [0.05, 0.1) is 6.54 Å². The van der Waals surface area contributed by atoms with Gasteiger partial charge >= 0.3 is 6.09 Å². The van der Waals surface area contributed by atoms with Crippen molar-refractivity contribution < 1.29 is 14.3 Å². The molecule has 4 heterocycles. The minimum atomic E-state index is -0.505. The van der Waals surface area contributed by atoms with Gasteiger partial charge in [0, 0.05) is 31.5 Å². The molecule has 3 aromatic heterocycles. The molecule has 0 radical (unpaired) electrons. The molecule has 1 fully saturated rings. The minimum absolute atomic E-state index is 0.156. The molecule has 164 valence electrons. The van der Waals surface area contributed by atoms with Crippen LogP contribution in [-0.2, 0) is 11.3 Å². The molecule has 0 aromatic carbocycles. The van der Waals surface area contributed by atoms with Crippen LogP contribution in [0.4, 0.5) is 4.79 Å². The largest absolute Gasteiger partial charge is 0.444 e. The number of rotatable bonds is 4. The Morgan fingerprint density at radius 3 is 2.61 bits per heavy atom. The van der Waals surface area contributed by atoms with Crippen LogP contribution in [0, 0.1) is 0 Å². The van der Waals surface area contributed by atoms with Crippen molar-refractivity contribution in [1.29, 1.82) is 0 Å². The highest BCUT2D eigenvalue weighted by Crippen LogP contribution is 2.25. The third kappa shape index (κ3) is 4.70. The molecular formula is C22H28N6O3. The summed E-state index contributed by atoms with van der Waals surface area (Å²) < 4.78 is 9.32. The smallest absolute Gasteiger partial charge is 0.410 e. The Balaban J connectivity index is 1.37. The van der Waals surface area contributed by atoms with E-state index in [9.17, 15) is 9.59 Å². The molecule has 1 aliphatic rings. The van der Waals surface area contributed by atoms with Gasteiger partial charge in [-0.1, -0.05) is 6.07 Å². The Bertz CT molecular complexity index is 1070. The molecule has 0 saturated carbocycles. The van der Waals surface area contributed by atoms with E-state index in [0.717, 1.165) is 18.5 Å². The van der Waals surface area contributed by atoms with Crippen LogP contribution in [0.3, 0.4) is 0 Å². The Labute approximate surface area is 181 Å². The lowest BCUT2D eigenvalue weighted by molar-refractivity contribution is 0.0187. The number of hydrogen-bond donors (Lipinski definition) is 1. The van der Waals surface area contributed by atoms with E-state index in [1.54, 1.807) is 4.90 Å². The molecule has 0 spiro atoms. The van der Waals surface area contributed by atoms with Gasteiger partial charge in [0.25, 0.3) is 5.91 Å². The lowest BCUT2D eigenvalue weighted by Crippen LogP contribution is -2.42. The first kappa shape index (κ1) is 20.9. The minimum Gasteiger partial charge on any atom is -0.444 e. The summed E-state index contributed by atoms with van der Waals surface area (Å²) in [4.78, 5) is 26.9. The molecule has 0 bridgehead atoms. The van der Waals surface area contributed by atoms with E-state index in [1.807, 2.05) is 72.5 Å². The summed E-state index contributed by atoms with van der Waals surface area (Å²) >= 11 is 0. The molecular weight excluding hydrogens is 396 g/mol. The second-order valence-corrected chi connectivity index (χ2v) is 8.73. The number of fused-ring (bicyclic) bond motifs is 1. The zero-order valence-electron chi connectivity index (χ0n) is 18.1. The van der Waals surface area contributed by atoms with E-state index >= 15 is 0 Å². The normalized spacial score (nSPS) is 15.3. The van der Waals surface area contributed by atoms with Crippen LogP contribution in [0.15, 0.2) is 42.7 Å². The van der Waals surface area contributed by atoms with Gasteiger partial charge in [-0.05, 0) is 57.9 Å². The molecule has 0 aliphatic carbocycles. The molecule has 2 amide bonds. The summed E-state index contributed by atoms with van der Waals surface area (Å²) in [5, 5.41) is 11.2. The van der Waals surface area contributed by atoms with Crippen LogP contribution in [0.25, 0.3) is 5.65 Å². The molecule has 1 aliphatic heterocycles. The molecule has 9 nitrogen and oxygen atoms in total. The van der Waals surface area contributed by atoms with Crippen molar-refractivity contribution in [2.45, 2.75) is 51.8 Å². The number of nitrogens with zero attached hydrogens (tertiary/aromatic N) is 5. The van der Waals surface area contributed by atoms with Crippen molar-refractivity contribution in [2.75, 3.05) is 13.1 Å². The van der Waals surface area contributed by atoms with Crippen LogP contribution >= 0.6 is 0 Å².